The average molecular weight is 328 g/mol. The number of esters is 2. The van der Waals surface area contributed by atoms with E-state index < -0.39 is 11.9 Å². The number of carbonyl (C=O) groups excluding carboxylic acids is 2. The molecular formula is C16H12N2O6. The van der Waals surface area contributed by atoms with Crippen LogP contribution in [0.15, 0.2) is 45.4 Å². The molecule has 0 aliphatic carbocycles. The molecule has 0 N–H and O–H groups in total. The monoisotopic (exact) mass is 328 g/mol. The number of hydrogen-bond donors (Lipinski definition) is 0. The Bertz CT molecular complexity index is 826. The summed E-state index contributed by atoms with van der Waals surface area (Å²) in [5.41, 5.74) is 0.0981. The highest BCUT2D eigenvalue weighted by Gasteiger charge is 2.16. The van der Waals surface area contributed by atoms with Crippen LogP contribution in [0.4, 0.5) is 0 Å². The first-order valence-corrected chi connectivity index (χ1v) is 6.92. The van der Waals surface area contributed by atoms with Crippen molar-refractivity contribution in [3.05, 3.63) is 59.3 Å². The molecular weight excluding hydrogens is 316 g/mol. The van der Waals surface area contributed by atoms with Gasteiger partial charge in [-0.1, -0.05) is 16.4 Å². The van der Waals surface area contributed by atoms with Crippen molar-refractivity contribution in [2.45, 2.75) is 13.8 Å². The molecule has 8 heteroatoms. The van der Waals surface area contributed by atoms with Gasteiger partial charge in [-0.25, -0.2) is 9.59 Å². The van der Waals surface area contributed by atoms with Crippen LogP contribution in [-0.4, -0.2) is 22.3 Å². The summed E-state index contributed by atoms with van der Waals surface area (Å²) < 4.78 is 19.9. The van der Waals surface area contributed by atoms with Crippen molar-refractivity contribution in [3.8, 4) is 11.5 Å². The second-order valence-electron chi connectivity index (χ2n) is 4.90. The summed E-state index contributed by atoms with van der Waals surface area (Å²) in [6.07, 6.45) is 0. The normalized spacial score (nSPS) is 10.4. The van der Waals surface area contributed by atoms with E-state index in [1.165, 1.54) is 18.2 Å². The fraction of sp³-hybridized carbons (Fsp3) is 0.125. The number of benzene rings is 1. The molecule has 0 bridgehead atoms. The lowest BCUT2D eigenvalue weighted by atomic mass is 10.3. The number of hydrogen-bond acceptors (Lipinski definition) is 8. The molecule has 0 aliphatic rings. The van der Waals surface area contributed by atoms with Gasteiger partial charge in [0.25, 0.3) is 0 Å². The van der Waals surface area contributed by atoms with Crippen LogP contribution >= 0.6 is 0 Å². The van der Waals surface area contributed by atoms with Crippen molar-refractivity contribution >= 4 is 11.9 Å². The summed E-state index contributed by atoms with van der Waals surface area (Å²) in [4.78, 5) is 23.8. The Kier molecular flexibility index (Phi) is 4.11. The number of ether oxygens (including phenoxy) is 2. The first-order chi connectivity index (χ1) is 11.5. The molecule has 24 heavy (non-hydrogen) atoms. The Morgan fingerprint density at radius 3 is 1.67 bits per heavy atom. The molecule has 3 rings (SSSR count). The van der Waals surface area contributed by atoms with E-state index in [2.05, 4.69) is 10.3 Å². The summed E-state index contributed by atoms with van der Waals surface area (Å²) >= 11 is 0. The molecule has 0 aliphatic heterocycles. The Balaban J connectivity index is 1.70. The second kappa shape index (κ2) is 6.37. The molecule has 1 aromatic carbocycles. The van der Waals surface area contributed by atoms with Crippen LogP contribution in [0.3, 0.4) is 0 Å². The molecule has 0 amide bonds. The third-order valence-electron chi connectivity index (χ3n) is 2.90. The van der Waals surface area contributed by atoms with Crippen molar-refractivity contribution < 1.29 is 28.1 Å². The van der Waals surface area contributed by atoms with E-state index in [9.17, 15) is 9.59 Å². The lowest BCUT2D eigenvalue weighted by molar-refractivity contribution is 0.0722. The highest BCUT2D eigenvalue weighted by Crippen LogP contribution is 2.21. The number of nitrogens with zero attached hydrogens (tertiary/aromatic N) is 2. The van der Waals surface area contributed by atoms with Gasteiger partial charge < -0.3 is 18.5 Å². The van der Waals surface area contributed by atoms with E-state index in [-0.39, 0.29) is 22.9 Å². The van der Waals surface area contributed by atoms with Crippen LogP contribution in [0.5, 0.6) is 11.5 Å². The molecule has 3 aromatic rings. The van der Waals surface area contributed by atoms with Crippen LogP contribution in [0.25, 0.3) is 0 Å². The molecule has 2 aromatic heterocycles. The van der Waals surface area contributed by atoms with Crippen molar-refractivity contribution in [1.82, 2.24) is 10.3 Å². The van der Waals surface area contributed by atoms with Gasteiger partial charge in [0.1, 0.15) is 23.0 Å². The molecule has 0 atom stereocenters. The third-order valence-corrected chi connectivity index (χ3v) is 2.90. The fourth-order valence-electron chi connectivity index (χ4n) is 1.85. The van der Waals surface area contributed by atoms with Gasteiger partial charge >= 0.3 is 11.9 Å². The van der Waals surface area contributed by atoms with Crippen LogP contribution in [0.2, 0.25) is 0 Å². The summed E-state index contributed by atoms with van der Waals surface area (Å²) in [6.45, 7) is 3.32. The zero-order chi connectivity index (χ0) is 17.1. The van der Waals surface area contributed by atoms with Crippen LogP contribution in [0.1, 0.15) is 32.5 Å². The summed E-state index contributed by atoms with van der Waals surface area (Å²) in [6, 6.07) is 8.98. The van der Waals surface area contributed by atoms with E-state index >= 15 is 0 Å². The van der Waals surface area contributed by atoms with Gasteiger partial charge in [-0.2, -0.15) is 0 Å². The summed E-state index contributed by atoms with van der Waals surface area (Å²) in [5.74, 6) is 0.0227. The first kappa shape index (κ1) is 15.5. The van der Waals surface area contributed by atoms with E-state index in [0.717, 1.165) is 0 Å². The standard InChI is InChI=1S/C16H12N2O6/c1-9-6-13(17-23-9)15(19)21-11-4-3-5-12(8-11)22-16(20)14-7-10(2)24-18-14/h3-8H,1-2H3. The van der Waals surface area contributed by atoms with Crippen LogP contribution in [-0.2, 0) is 0 Å². The van der Waals surface area contributed by atoms with Crippen LogP contribution in [0, 0.1) is 13.8 Å². The molecule has 0 spiro atoms. The second-order valence-corrected chi connectivity index (χ2v) is 4.90. The molecule has 0 saturated carbocycles. The maximum absolute atomic E-state index is 11.9. The lowest BCUT2D eigenvalue weighted by Crippen LogP contribution is -2.10. The average Bonchev–Trinajstić information content (AvgIpc) is 3.16. The number of carbonyl (C=O) groups is 2. The van der Waals surface area contributed by atoms with E-state index in [0.29, 0.717) is 11.5 Å². The van der Waals surface area contributed by atoms with Crippen molar-refractivity contribution in [2.75, 3.05) is 0 Å². The molecule has 2 heterocycles. The predicted molar refractivity (Wildman–Crippen MR) is 78.8 cm³/mol. The highest BCUT2D eigenvalue weighted by molar-refractivity contribution is 5.90. The molecule has 0 radical (unpaired) electrons. The van der Waals surface area contributed by atoms with Gasteiger partial charge in [0.15, 0.2) is 11.4 Å². The van der Waals surface area contributed by atoms with Gasteiger partial charge in [0.05, 0.1) is 0 Å². The lowest BCUT2D eigenvalue weighted by Gasteiger charge is -2.05. The molecule has 0 fully saturated rings. The van der Waals surface area contributed by atoms with Crippen molar-refractivity contribution in [3.63, 3.8) is 0 Å². The Labute approximate surface area is 135 Å². The molecule has 8 nitrogen and oxygen atoms in total. The number of aryl methyl sites for hydroxylation is 2. The van der Waals surface area contributed by atoms with E-state index in [4.69, 9.17) is 18.5 Å². The topological polar surface area (TPSA) is 105 Å². The quantitative estimate of drug-likeness (QED) is 0.532. The van der Waals surface area contributed by atoms with Gasteiger partial charge in [0, 0.05) is 18.2 Å². The molecule has 122 valence electrons. The number of aromatic nitrogens is 2. The van der Waals surface area contributed by atoms with Crippen LogP contribution < -0.4 is 9.47 Å². The minimum absolute atomic E-state index is 0.0490. The third kappa shape index (κ3) is 3.49. The highest BCUT2D eigenvalue weighted by atomic mass is 16.6. The number of rotatable bonds is 4. The Hall–Kier alpha value is -3.42. The summed E-state index contributed by atoms with van der Waals surface area (Å²) in [7, 11) is 0. The smallest absolute Gasteiger partial charge is 0.365 e. The Morgan fingerprint density at radius 1 is 0.833 bits per heavy atom. The van der Waals surface area contributed by atoms with Gasteiger partial charge in [0.2, 0.25) is 0 Å². The van der Waals surface area contributed by atoms with Crippen molar-refractivity contribution in [1.29, 1.82) is 0 Å². The molecule has 0 saturated heterocycles. The first-order valence-electron chi connectivity index (χ1n) is 6.92. The zero-order valence-electron chi connectivity index (χ0n) is 12.8. The Morgan fingerprint density at radius 2 is 1.29 bits per heavy atom. The minimum Gasteiger partial charge on any atom is -0.422 e. The minimum atomic E-state index is -0.678. The zero-order valence-corrected chi connectivity index (χ0v) is 12.8. The van der Waals surface area contributed by atoms with Gasteiger partial charge in [-0.05, 0) is 26.0 Å². The summed E-state index contributed by atoms with van der Waals surface area (Å²) in [5, 5.41) is 7.14. The van der Waals surface area contributed by atoms with Crippen molar-refractivity contribution in [2.24, 2.45) is 0 Å². The van der Waals surface area contributed by atoms with Gasteiger partial charge in [-0.15, -0.1) is 0 Å². The fourth-order valence-corrected chi connectivity index (χ4v) is 1.85. The van der Waals surface area contributed by atoms with E-state index in [1.807, 2.05) is 0 Å². The largest absolute Gasteiger partial charge is 0.422 e. The maximum Gasteiger partial charge on any atom is 0.365 e. The molecule has 0 unspecified atom stereocenters. The van der Waals surface area contributed by atoms with E-state index in [1.54, 1.807) is 32.0 Å². The van der Waals surface area contributed by atoms with Gasteiger partial charge in [-0.3, -0.25) is 0 Å². The predicted octanol–water partition coefficient (Wildman–Crippen LogP) is 2.72. The SMILES string of the molecule is Cc1cc(C(=O)Oc2cccc(OC(=O)c3cc(C)on3)c2)no1. The maximum atomic E-state index is 11.9.